The van der Waals surface area contributed by atoms with Gasteiger partial charge in [0.05, 0.1) is 16.3 Å². The molecule has 11 heteroatoms. The van der Waals surface area contributed by atoms with Crippen LogP contribution in [0.4, 0.5) is 17.6 Å². The fourth-order valence-corrected chi connectivity index (χ4v) is 2.57. The molecular weight excluding hydrogens is 394 g/mol. The Morgan fingerprint density at radius 1 is 1.22 bits per heavy atom. The van der Waals surface area contributed by atoms with E-state index in [0.717, 1.165) is 13.1 Å². The molecule has 0 atom stereocenters. The molecule has 6 nitrogen and oxygen atoms in total. The molecule has 2 aromatic rings. The third kappa shape index (κ3) is 4.05. The van der Waals surface area contributed by atoms with E-state index < -0.39 is 40.5 Å². The summed E-state index contributed by atoms with van der Waals surface area (Å²) in [6, 6.07) is 1.73. The largest absolute Gasteiger partial charge is 0.431 e. The number of rotatable bonds is 4. The Bertz CT molecular complexity index is 1010. The molecule has 0 aliphatic carbocycles. The average molecular weight is 408 g/mol. The third-order valence-electron chi connectivity index (χ3n) is 3.67. The van der Waals surface area contributed by atoms with E-state index in [-0.39, 0.29) is 25.8 Å². The molecule has 2 rings (SSSR count). The van der Waals surface area contributed by atoms with Crippen LogP contribution in [0.1, 0.15) is 29.4 Å². The highest BCUT2D eigenvalue weighted by Gasteiger charge is 2.35. The van der Waals surface area contributed by atoms with Gasteiger partial charge < -0.3 is 5.32 Å². The van der Waals surface area contributed by atoms with Gasteiger partial charge in [0.1, 0.15) is 11.5 Å². The van der Waals surface area contributed by atoms with E-state index in [0.29, 0.717) is 19.0 Å². The minimum Gasteiger partial charge on any atom is -0.352 e. The molecule has 1 aromatic heterocycles. The normalized spacial score (nSPS) is 11.5. The van der Waals surface area contributed by atoms with Crippen molar-refractivity contribution in [1.82, 2.24) is 14.5 Å². The van der Waals surface area contributed by atoms with E-state index in [1.54, 1.807) is 6.92 Å². The Hall–Kier alpha value is -2.62. The maximum absolute atomic E-state index is 14.3. The number of alkyl halides is 3. The van der Waals surface area contributed by atoms with Crippen LogP contribution in [0, 0.1) is 5.82 Å². The fourth-order valence-electron chi connectivity index (χ4n) is 2.34. The summed E-state index contributed by atoms with van der Waals surface area (Å²) in [5, 5.41) is 2.22. The number of benzene rings is 1. The number of amides is 1. The van der Waals surface area contributed by atoms with Crippen LogP contribution >= 0.6 is 11.6 Å². The van der Waals surface area contributed by atoms with E-state index >= 15 is 0 Å². The molecular formula is C16H14ClF4N3O3. The van der Waals surface area contributed by atoms with Crippen molar-refractivity contribution < 1.29 is 22.4 Å². The molecule has 0 unspecified atom stereocenters. The van der Waals surface area contributed by atoms with E-state index in [1.807, 2.05) is 0 Å². The maximum Gasteiger partial charge on any atom is 0.431 e. The fraction of sp³-hybridized carbons (Fsp3) is 0.312. The lowest BCUT2D eigenvalue weighted by atomic mass is 10.1. The monoisotopic (exact) mass is 407 g/mol. The predicted molar refractivity (Wildman–Crippen MR) is 89.9 cm³/mol. The molecule has 0 radical (unpaired) electrons. The summed E-state index contributed by atoms with van der Waals surface area (Å²) < 4.78 is 53.4. The van der Waals surface area contributed by atoms with Gasteiger partial charge in [0.2, 0.25) is 0 Å². The molecule has 0 fully saturated rings. The summed E-state index contributed by atoms with van der Waals surface area (Å²) in [5.74, 6) is -1.83. The van der Waals surface area contributed by atoms with Crippen molar-refractivity contribution in [3.63, 3.8) is 0 Å². The van der Waals surface area contributed by atoms with Crippen molar-refractivity contribution in [1.29, 1.82) is 0 Å². The first-order chi connectivity index (χ1) is 12.5. The number of nitrogens with zero attached hydrogens (tertiary/aromatic N) is 2. The topological polar surface area (TPSA) is 73.1 Å². The minimum atomic E-state index is -4.95. The number of hydrogen-bond donors (Lipinski definition) is 1. The van der Waals surface area contributed by atoms with E-state index in [4.69, 9.17) is 11.6 Å². The van der Waals surface area contributed by atoms with Crippen molar-refractivity contribution in [3.05, 3.63) is 61.1 Å². The van der Waals surface area contributed by atoms with Crippen LogP contribution in [0.2, 0.25) is 5.02 Å². The van der Waals surface area contributed by atoms with Crippen LogP contribution in [0.15, 0.2) is 27.8 Å². The molecule has 0 saturated carbocycles. The minimum absolute atomic E-state index is 0.173. The van der Waals surface area contributed by atoms with E-state index in [9.17, 15) is 31.9 Å². The zero-order valence-electron chi connectivity index (χ0n) is 14.2. The van der Waals surface area contributed by atoms with Gasteiger partial charge in [-0.15, -0.1) is 0 Å². The molecule has 0 aliphatic rings. The lowest BCUT2D eigenvalue weighted by Gasteiger charge is -2.15. The summed E-state index contributed by atoms with van der Waals surface area (Å²) in [5.41, 5.74) is -5.21. The van der Waals surface area contributed by atoms with Gasteiger partial charge in [-0.25, -0.2) is 13.8 Å². The van der Waals surface area contributed by atoms with E-state index in [1.165, 1.54) is 0 Å². The van der Waals surface area contributed by atoms with Crippen molar-refractivity contribution in [2.45, 2.75) is 19.5 Å². The molecule has 0 aliphatic heterocycles. The molecule has 1 heterocycles. The number of hydrogen-bond acceptors (Lipinski definition) is 3. The molecule has 27 heavy (non-hydrogen) atoms. The second-order valence-corrected chi connectivity index (χ2v) is 5.99. The second kappa shape index (κ2) is 7.55. The van der Waals surface area contributed by atoms with Gasteiger partial charge in [0.25, 0.3) is 11.5 Å². The summed E-state index contributed by atoms with van der Waals surface area (Å²) in [7, 11) is 0.795. The molecule has 1 aromatic carbocycles. The number of halogens is 5. The van der Waals surface area contributed by atoms with Gasteiger partial charge >= 0.3 is 11.9 Å². The summed E-state index contributed by atoms with van der Waals surface area (Å²) >= 11 is 5.84. The number of nitrogens with one attached hydrogen (secondary N) is 1. The molecule has 146 valence electrons. The Kier molecular flexibility index (Phi) is 5.79. The van der Waals surface area contributed by atoms with Crippen molar-refractivity contribution in [2.75, 3.05) is 6.54 Å². The zero-order valence-corrected chi connectivity index (χ0v) is 14.9. The van der Waals surface area contributed by atoms with Crippen LogP contribution in [-0.4, -0.2) is 21.6 Å². The number of carbonyl (C=O) groups is 1. The maximum atomic E-state index is 14.3. The highest BCUT2D eigenvalue weighted by atomic mass is 35.5. The predicted octanol–water partition coefficient (Wildman–Crippen LogP) is 2.49. The lowest BCUT2D eigenvalue weighted by Crippen LogP contribution is -2.41. The Morgan fingerprint density at radius 2 is 1.85 bits per heavy atom. The number of aromatic nitrogens is 2. The first kappa shape index (κ1) is 20.7. The standard InChI is InChI=1S/C16H14ClF4N3O3/c1-3-4-22-14(26)8-5-11(10(18)6-9(8)17)24-13(25)7-12(16(19,20)21)23(2)15(24)27/h5-7H,3-4H2,1-2H3,(H,22,26). The highest BCUT2D eigenvalue weighted by Crippen LogP contribution is 2.27. The van der Waals surface area contributed by atoms with Gasteiger partial charge in [0.15, 0.2) is 0 Å². The first-order valence-electron chi connectivity index (χ1n) is 7.67. The summed E-state index contributed by atoms with van der Waals surface area (Å²) in [6.07, 6.45) is -4.34. The summed E-state index contributed by atoms with van der Waals surface area (Å²) in [6.45, 7) is 2.09. The SMILES string of the molecule is CCCNC(=O)c1cc(-n2c(=O)cc(C(F)(F)F)n(C)c2=O)c(F)cc1Cl. The first-order valence-corrected chi connectivity index (χ1v) is 8.04. The second-order valence-electron chi connectivity index (χ2n) is 5.58. The van der Waals surface area contributed by atoms with Gasteiger partial charge in [-0.05, 0) is 18.6 Å². The van der Waals surface area contributed by atoms with Crippen LogP contribution < -0.4 is 16.6 Å². The van der Waals surface area contributed by atoms with Crippen molar-refractivity contribution in [3.8, 4) is 5.69 Å². The highest BCUT2D eigenvalue weighted by molar-refractivity contribution is 6.33. The molecule has 0 saturated heterocycles. The van der Waals surface area contributed by atoms with Crippen LogP contribution in [0.25, 0.3) is 5.69 Å². The quantitative estimate of drug-likeness (QED) is 0.791. The van der Waals surface area contributed by atoms with Gasteiger partial charge in [-0.1, -0.05) is 18.5 Å². The Labute approximate surface area is 155 Å². The molecule has 1 amide bonds. The Balaban J connectivity index is 2.73. The van der Waals surface area contributed by atoms with E-state index in [2.05, 4.69) is 5.32 Å². The molecule has 1 N–H and O–H groups in total. The van der Waals surface area contributed by atoms with Crippen LogP contribution in [0.3, 0.4) is 0 Å². The van der Waals surface area contributed by atoms with Crippen LogP contribution in [-0.2, 0) is 13.2 Å². The lowest BCUT2D eigenvalue weighted by molar-refractivity contribution is -0.144. The zero-order chi connectivity index (χ0) is 20.5. The van der Waals surface area contributed by atoms with Gasteiger partial charge in [-0.2, -0.15) is 13.2 Å². The average Bonchev–Trinajstić information content (AvgIpc) is 2.56. The Morgan fingerprint density at radius 3 is 2.41 bits per heavy atom. The van der Waals surface area contributed by atoms with Gasteiger partial charge in [0, 0.05) is 19.7 Å². The van der Waals surface area contributed by atoms with Crippen molar-refractivity contribution >= 4 is 17.5 Å². The third-order valence-corrected chi connectivity index (χ3v) is 3.98. The smallest absolute Gasteiger partial charge is 0.352 e. The van der Waals surface area contributed by atoms with Crippen molar-refractivity contribution in [2.24, 2.45) is 7.05 Å². The molecule has 0 spiro atoms. The summed E-state index contributed by atoms with van der Waals surface area (Å²) in [4.78, 5) is 36.5. The van der Waals surface area contributed by atoms with Crippen LogP contribution in [0.5, 0.6) is 0 Å². The van der Waals surface area contributed by atoms with Gasteiger partial charge in [-0.3, -0.25) is 14.2 Å². The molecule has 0 bridgehead atoms. The number of carbonyl (C=O) groups excluding carboxylic acids is 1.